The lowest BCUT2D eigenvalue weighted by Crippen LogP contribution is -2.30. The quantitative estimate of drug-likeness (QED) is 0.530. The van der Waals surface area contributed by atoms with Gasteiger partial charge in [-0.05, 0) is 56.3 Å². The number of amides is 2. The molecular weight excluding hydrogens is 400 g/mol. The molecule has 1 aromatic carbocycles. The highest BCUT2D eigenvalue weighted by atomic mass is 16.5. The molecule has 9 nitrogen and oxygen atoms in total. The van der Waals surface area contributed by atoms with E-state index >= 15 is 0 Å². The van der Waals surface area contributed by atoms with Crippen LogP contribution in [0.1, 0.15) is 40.5 Å². The Labute approximate surface area is 179 Å². The molecule has 0 unspecified atom stereocenters. The van der Waals surface area contributed by atoms with E-state index in [1.165, 1.54) is 6.07 Å². The zero-order valence-electron chi connectivity index (χ0n) is 17.4. The van der Waals surface area contributed by atoms with Gasteiger partial charge in [0, 0.05) is 36.7 Å². The lowest BCUT2D eigenvalue weighted by molar-refractivity contribution is -0.119. The third kappa shape index (κ3) is 5.81. The van der Waals surface area contributed by atoms with E-state index in [1.54, 1.807) is 58.4 Å². The van der Waals surface area contributed by atoms with Crippen LogP contribution in [0, 0.1) is 0 Å². The second-order valence-corrected chi connectivity index (χ2v) is 6.65. The van der Waals surface area contributed by atoms with Crippen LogP contribution in [0.3, 0.4) is 0 Å². The Morgan fingerprint density at radius 3 is 2.48 bits per heavy atom. The maximum Gasteiger partial charge on any atom is 0.374 e. The van der Waals surface area contributed by atoms with Crippen molar-refractivity contribution in [2.75, 3.05) is 25.0 Å². The largest absolute Gasteiger partial charge is 0.452 e. The van der Waals surface area contributed by atoms with Gasteiger partial charge in [0.2, 0.25) is 5.76 Å². The van der Waals surface area contributed by atoms with E-state index in [0.717, 1.165) is 0 Å². The molecule has 1 N–H and O–H groups in total. The van der Waals surface area contributed by atoms with Crippen LogP contribution in [0.5, 0.6) is 0 Å². The van der Waals surface area contributed by atoms with E-state index in [2.05, 4.69) is 10.4 Å². The van der Waals surface area contributed by atoms with Crippen molar-refractivity contribution in [1.29, 1.82) is 0 Å². The Morgan fingerprint density at radius 2 is 1.84 bits per heavy atom. The predicted molar refractivity (Wildman–Crippen MR) is 113 cm³/mol. The average Bonchev–Trinajstić information content (AvgIpc) is 3.46. The molecule has 0 saturated heterocycles. The second-order valence-electron chi connectivity index (χ2n) is 6.65. The van der Waals surface area contributed by atoms with Crippen LogP contribution >= 0.6 is 0 Å². The number of carbonyl (C=O) groups is 3. The summed E-state index contributed by atoms with van der Waals surface area (Å²) in [6.07, 6.45) is 3.42. The molecule has 2 aromatic heterocycles. The van der Waals surface area contributed by atoms with Crippen molar-refractivity contribution < 1.29 is 23.5 Å². The zero-order chi connectivity index (χ0) is 22.2. The molecule has 0 spiro atoms. The van der Waals surface area contributed by atoms with Crippen molar-refractivity contribution >= 4 is 23.5 Å². The fraction of sp³-hybridized carbons (Fsp3) is 0.273. The molecule has 3 rings (SSSR count). The molecular formula is C22H24N4O5. The number of esters is 1. The Kier molecular flexibility index (Phi) is 7.21. The normalized spacial score (nSPS) is 10.5. The Bertz CT molecular complexity index is 1020. The Hall–Kier alpha value is -3.88. The van der Waals surface area contributed by atoms with Crippen molar-refractivity contribution in [2.45, 2.75) is 20.4 Å². The number of nitrogens with one attached hydrogen (secondary N) is 1. The molecule has 31 heavy (non-hydrogen) atoms. The number of nitrogens with zero attached hydrogens (tertiary/aromatic N) is 3. The van der Waals surface area contributed by atoms with Gasteiger partial charge in [0.15, 0.2) is 6.61 Å². The van der Waals surface area contributed by atoms with Crippen molar-refractivity contribution in [1.82, 2.24) is 14.7 Å². The van der Waals surface area contributed by atoms with Gasteiger partial charge in [-0.2, -0.15) is 5.10 Å². The summed E-state index contributed by atoms with van der Waals surface area (Å²) in [7, 11) is 0. The molecule has 2 amide bonds. The lowest BCUT2D eigenvalue weighted by Gasteiger charge is -2.18. The third-order valence-corrected chi connectivity index (χ3v) is 4.54. The number of anilines is 1. The first-order valence-electron chi connectivity index (χ1n) is 9.92. The number of benzene rings is 1. The fourth-order valence-electron chi connectivity index (χ4n) is 2.92. The van der Waals surface area contributed by atoms with Gasteiger partial charge < -0.3 is 19.4 Å². The van der Waals surface area contributed by atoms with Crippen LogP contribution in [0.2, 0.25) is 0 Å². The first kappa shape index (κ1) is 21.8. The SMILES string of the molecule is CCN(CC)C(=O)c1ccc(NC(=O)COC(=O)c2ccc(Cn3cccn3)o2)cc1. The third-order valence-electron chi connectivity index (χ3n) is 4.54. The summed E-state index contributed by atoms with van der Waals surface area (Å²) in [5.74, 6) is -0.752. The Balaban J connectivity index is 1.48. The minimum atomic E-state index is -0.734. The standard InChI is InChI=1S/C22H24N4O5/c1-3-25(4-2)21(28)16-6-8-17(9-7-16)24-20(27)15-30-22(29)19-11-10-18(31-19)14-26-13-5-12-23-26/h5-13H,3-4,14-15H2,1-2H3,(H,24,27). The maximum absolute atomic E-state index is 12.3. The predicted octanol–water partition coefficient (Wildman–Crippen LogP) is 2.80. The van der Waals surface area contributed by atoms with Crippen molar-refractivity contribution in [3.63, 3.8) is 0 Å². The molecule has 0 aliphatic rings. The minimum Gasteiger partial charge on any atom is -0.452 e. The summed E-state index contributed by atoms with van der Waals surface area (Å²) in [6.45, 7) is 5.00. The molecule has 0 fully saturated rings. The van der Waals surface area contributed by atoms with Crippen LogP contribution in [-0.2, 0) is 16.1 Å². The number of hydrogen-bond donors (Lipinski definition) is 1. The highest BCUT2D eigenvalue weighted by Gasteiger charge is 2.16. The van der Waals surface area contributed by atoms with E-state index in [-0.39, 0.29) is 11.7 Å². The van der Waals surface area contributed by atoms with Crippen LogP contribution in [0.4, 0.5) is 5.69 Å². The molecule has 0 bridgehead atoms. The minimum absolute atomic E-state index is 0.00854. The average molecular weight is 424 g/mol. The van der Waals surface area contributed by atoms with Gasteiger partial charge in [-0.25, -0.2) is 4.79 Å². The van der Waals surface area contributed by atoms with Gasteiger partial charge in [0.1, 0.15) is 5.76 Å². The van der Waals surface area contributed by atoms with Gasteiger partial charge in [0.25, 0.3) is 11.8 Å². The molecule has 2 heterocycles. The van der Waals surface area contributed by atoms with Gasteiger partial charge in [-0.1, -0.05) is 0 Å². The topological polar surface area (TPSA) is 107 Å². The van der Waals surface area contributed by atoms with Crippen LogP contribution in [0.15, 0.2) is 59.3 Å². The summed E-state index contributed by atoms with van der Waals surface area (Å²) in [4.78, 5) is 38.2. The fourth-order valence-corrected chi connectivity index (χ4v) is 2.92. The molecule has 3 aromatic rings. The van der Waals surface area contributed by atoms with E-state index in [0.29, 0.717) is 36.6 Å². The molecule has 0 aliphatic carbocycles. The van der Waals surface area contributed by atoms with E-state index < -0.39 is 18.5 Å². The molecule has 0 saturated carbocycles. The molecule has 9 heteroatoms. The molecule has 162 valence electrons. The van der Waals surface area contributed by atoms with Crippen LogP contribution < -0.4 is 5.32 Å². The maximum atomic E-state index is 12.3. The highest BCUT2D eigenvalue weighted by Crippen LogP contribution is 2.13. The molecule has 0 aliphatic heterocycles. The van der Waals surface area contributed by atoms with Gasteiger partial charge in [-0.3, -0.25) is 14.3 Å². The molecule has 0 radical (unpaired) electrons. The van der Waals surface area contributed by atoms with E-state index in [9.17, 15) is 14.4 Å². The highest BCUT2D eigenvalue weighted by molar-refractivity contribution is 5.97. The lowest BCUT2D eigenvalue weighted by atomic mass is 10.2. The summed E-state index contributed by atoms with van der Waals surface area (Å²) < 4.78 is 12.1. The van der Waals surface area contributed by atoms with Gasteiger partial charge in [0.05, 0.1) is 6.54 Å². The van der Waals surface area contributed by atoms with Crippen molar-refractivity contribution in [2.24, 2.45) is 0 Å². The van der Waals surface area contributed by atoms with E-state index in [1.807, 2.05) is 13.8 Å². The van der Waals surface area contributed by atoms with Gasteiger partial charge in [-0.15, -0.1) is 0 Å². The zero-order valence-corrected chi connectivity index (χ0v) is 17.4. The number of hydrogen-bond acceptors (Lipinski definition) is 6. The molecule has 0 atom stereocenters. The first-order chi connectivity index (χ1) is 15.0. The Morgan fingerprint density at radius 1 is 1.10 bits per heavy atom. The summed E-state index contributed by atoms with van der Waals surface area (Å²) >= 11 is 0. The van der Waals surface area contributed by atoms with E-state index in [4.69, 9.17) is 9.15 Å². The number of aromatic nitrogens is 2. The monoisotopic (exact) mass is 424 g/mol. The van der Waals surface area contributed by atoms with Gasteiger partial charge >= 0.3 is 5.97 Å². The number of carbonyl (C=O) groups excluding carboxylic acids is 3. The second kappa shape index (κ2) is 10.2. The van der Waals surface area contributed by atoms with Crippen molar-refractivity contribution in [3.8, 4) is 0 Å². The number of furan rings is 1. The smallest absolute Gasteiger partial charge is 0.374 e. The van der Waals surface area contributed by atoms with Crippen molar-refractivity contribution in [3.05, 3.63) is 71.9 Å². The number of rotatable bonds is 9. The first-order valence-corrected chi connectivity index (χ1v) is 9.92. The number of ether oxygens (including phenoxy) is 1. The summed E-state index contributed by atoms with van der Waals surface area (Å²) in [5, 5.41) is 6.69. The van der Waals surface area contributed by atoms with Crippen LogP contribution in [-0.4, -0.2) is 52.2 Å². The van der Waals surface area contributed by atoms with Crippen LogP contribution in [0.25, 0.3) is 0 Å². The summed E-state index contributed by atoms with van der Waals surface area (Å²) in [5.41, 5.74) is 1.04. The summed E-state index contributed by atoms with van der Waals surface area (Å²) in [6, 6.07) is 11.5.